The average Bonchev–Trinajstić information content (AvgIpc) is 2.13. The molecule has 0 spiro atoms. The standard InChI is InChI=1S/C11H23N3O3/c1-11(2,3)17-10(16)14-7-5-4-6-8(12)9(13)15/h8H,4-7,12H2,1-3H3,(H2,13,15)(H,14,16)/p+1/t8-/m0/s1. The van der Waals surface area contributed by atoms with E-state index in [1.165, 1.54) is 0 Å². The number of unbranched alkanes of at least 4 members (excludes halogenated alkanes) is 1. The third-order valence-electron chi connectivity index (χ3n) is 2.05. The summed E-state index contributed by atoms with van der Waals surface area (Å²) in [5.74, 6) is -0.384. The largest absolute Gasteiger partial charge is 0.444 e. The lowest BCUT2D eigenvalue weighted by atomic mass is 10.1. The van der Waals surface area contributed by atoms with Crippen LogP contribution >= 0.6 is 0 Å². The Kier molecular flexibility index (Phi) is 6.57. The van der Waals surface area contributed by atoms with Gasteiger partial charge in [0, 0.05) is 13.0 Å². The molecule has 2 amide bonds. The van der Waals surface area contributed by atoms with Crippen molar-refractivity contribution in [2.75, 3.05) is 6.54 Å². The zero-order valence-corrected chi connectivity index (χ0v) is 10.9. The van der Waals surface area contributed by atoms with Crippen LogP contribution < -0.4 is 16.8 Å². The Hall–Kier alpha value is -1.30. The monoisotopic (exact) mass is 246 g/mol. The van der Waals surface area contributed by atoms with Crippen LogP contribution in [-0.2, 0) is 9.53 Å². The summed E-state index contributed by atoms with van der Waals surface area (Å²) in [6.45, 7) is 5.97. The summed E-state index contributed by atoms with van der Waals surface area (Å²) in [6.07, 6.45) is 1.80. The summed E-state index contributed by atoms with van der Waals surface area (Å²) in [6, 6.07) is -0.350. The molecule has 0 heterocycles. The summed E-state index contributed by atoms with van der Waals surface area (Å²) in [4.78, 5) is 21.9. The molecule has 0 aromatic heterocycles. The Morgan fingerprint density at radius 2 is 1.94 bits per heavy atom. The zero-order valence-electron chi connectivity index (χ0n) is 10.9. The van der Waals surface area contributed by atoms with Crippen molar-refractivity contribution in [3.05, 3.63) is 0 Å². The van der Waals surface area contributed by atoms with Crippen molar-refractivity contribution >= 4 is 12.0 Å². The average molecular weight is 246 g/mol. The van der Waals surface area contributed by atoms with Crippen LogP contribution in [0.5, 0.6) is 0 Å². The number of nitrogens with one attached hydrogen (secondary N) is 1. The van der Waals surface area contributed by atoms with Gasteiger partial charge in [-0.25, -0.2) is 4.79 Å². The van der Waals surface area contributed by atoms with Crippen LogP contribution in [0.15, 0.2) is 0 Å². The normalized spacial score (nSPS) is 12.9. The molecule has 0 saturated carbocycles. The fourth-order valence-electron chi connectivity index (χ4n) is 1.16. The highest BCUT2D eigenvalue weighted by atomic mass is 16.6. The van der Waals surface area contributed by atoms with Crippen molar-refractivity contribution in [2.45, 2.75) is 51.7 Å². The topological polar surface area (TPSA) is 109 Å². The summed E-state index contributed by atoms with van der Waals surface area (Å²) < 4.78 is 5.07. The minimum absolute atomic E-state index is 0.350. The van der Waals surface area contributed by atoms with Gasteiger partial charge in [-0.15, -0.1) is 0 Å². The highest BCUT2D eigenvalue weighted by molar-refractivity contribution is 5.78. The molecule has 100 valence electrons. The summed E-state index contributed by atoms with van der Waals surface area (Å²) >= 11 is 0. The molecule has 1 atom stereocenters. The van der Waals surface area contributed by atoms with Crippen LogP contribution in [0.25, 0.3) is 0 Å². The quantitative estimate of drug-likeness (QED) is 0.563. The van der Waals surface area contributed by atoms with E-state index < -0.39 is 11.7 Å². The molecule has 0 unspecified atom stereocenters. The van der Waals surface area contributed by atoms with Gasteiger partial charge in [0.15, 0.2) is 6.04 Å². The maximum atomic E-state index is 11.2. The Bertz CT molecular complexity index is 261. The second-order valence-electron chi connectivity index (χ2n) is 5.02. The number of carbonyl (C=O) groups excluding carboxylic acids is 2. The molecule has 0 rings (SSSR count). The van der Waals surface area contributed by atoms with Crippen molar-refractivity contribution in [1.82, 2.24) is 5.32 Å². The first-order chi connectivity index (χ1) is 7.72. The van der Waals surface area contributed by atoms with E-state index in [9.17, 15) is 9.59 Å². The molecule has 0 aromatic carbocycles. The van der Waals surface area contributed by atoms with Crippen LogP contribution in [0.1, 0.15) is 40.0 Å². The third-order valence-corrected chi connectivity index (χ3v) is 2.05. The van der Waals surface area contributed by atoms with E-state index in [0.717, 1.165) is 12.8 Å². The number of nitrogens with two attached hydrogens (primary N) is 1. The number of hydrogen-bond donors (Lipinski definition) is 3. The number of quaternary nitrogens is 1. The van der Waals surface area contributed by atoms with Gasteiger partial charge in [0.1, 0.15) is 5.60 Å². The highest BCUT2D eigenvalue weighted by Crippen LogP contribution is 2.06. The minimum atomic E-state index is -0.478. The lowest BCUT2D eigenvalue weighted by molar-refractivity contribution is -0.404. The van der Waals surface area contributed by atoms with E-state index in [1.54, 1.807) is 0 Å². The predicted molar refractivity (Wildman–Crippen MR) is 64.0 cm³/mol. The summed E-state index contributed by atoms with van der Waals surface area (Å²) in [7, 11) is 0. The van der Waals surface area contributed by atoms with Gasteiger partial charge in [-0.3, -0.25) is 4.79 Å². The van der Waals surface area contributed by atoms with E-state index in [0.29, 0.717) is 13.0 Å². The van der Waals surface area contributed by atoms with Crippen LogP contribution in [-0.4, -0.2) is 30.2 Å². The summed E-state index contributed by atoms with van der Waals surface area (Å²) in [5.41, 5.74) is 8.23. The van der Waals surface area contributed by atoms with Crippen molar-refractivity contribution < 1.29 is 20.1 Å². The van der Waals surface area contributed by atoms with Gasteiger partial charge < -0.3 is 21.5 Å². The Morgan fingerprint density at radius 3 is 2.41 bits per heavy atom. The first-order valence-corrected chi connectivity index (χ1v) is 5.81. The van der Waals surface area contributed by atoms with Gasteiger partial charge in [-0.2, -0.15) is 0 Å². The molecular weight excluding hydrogens is 222 g/mol. The number of carbonyl (C=O) groups is 2. The van der Waals surface area contributed by atoms with Crippen LogP contribution in [0.4, 0.5) is 4.79 Å². The van der Waals surface area contributed by atoms with Gasteiger partial charge in [-0.05, 0) is 33.6 Å². The van der Waals surface area contributed by atoms with E-state index in [1.807, 2.05) is 20.8 Å². The molecule has 0 bridgehead atoms. The number of ether oxygens (including phenoxy) is 1. The molecule has 0 aliphatic heterocycles. The van der Waals surface area contributed by atoms with E-state index in [-0.39, 0.29) is 11.9 Å². The smallest absolute Gasteiger partial charge is 0.407 e. The van der Waals surface area contributed by atoms with Crippen LogP contribution in [0, 0.1) is 0 Å². The van der Waals surface area contributed by atoms with Crippen molar-refractivity contribution in [1.29, 1.82) is 0 Å². The molecule has 0 aliphatic rings. The maximum Gasteiger partial charge on any atom is 0.407 e. The second-order valence-corrected chi connectivity index (χ2v) is 5.02. The number of amides is 2. The molecule has 0 fully saturated rings. The van der Waals surface area contributed by atoms with Crippen molar-refractivity contribution in [3.8, 4) is 0 Å². The third kappa shape index (κ3) is 9.62. The molecule has 6 N–H and O–H groups in total. The summed E-state index contributed by atoms with van der Waals surface area (Å²) in [5, 5.41) is 2.64. The van der Waals surface area contributed by atoms with E-state index in [4.69, 9.17) is 10.5 Å². The molecule has 6 heteroatoms. The second kappa shape index (κ2) is 7.11. The Labute approximate surface area is 102 Å². The molecule has 0 aliphatic carbocycles. The number of alkyl carbamates (subject to hydrolysis) is 1. The first-order valence-electron chi connectivity index (χ1n) is 5.81. The molecule has 0 radical (unpaired) electrons. The SMILES string of the molecule is CC(C)(C)OC(=O)NCCCC[C@H]([NH3+])C(N)=O. The first kappa shape index (κ1) is 15.7. The molecule has 17 heavy (non-hydrogen) atoms. The van der Waals surface area contributed by atoms with Gasteiger partial charge in [-0.1, -0.05) is 0 Å². The molecular formula is C11H24N3O3+. The molecule has 0 aromatic rings. The van der Waals surface area contributed by atoms with Crippen molar-refractivity contribution in [3.63, 3.8) is 0 Å². The molecule has 0 saturated heterocycles. The van der Waals surface area contributed by atoms with Crippen LogP contribution in [0.2, 0.25) is 0 Å². The predicted octanol–water partition coefficient (Wildman–Crippen LogP) is -0.223. The molecule has 6 nitrogen and oxygen atoms in total. The van der Waals surface area contributed by atoms with E-state index in [2.05, 4.69) is 11.1 Å². The number of hydrogen-bond acceptors (Lipinski definition) is 3. The maximum absolute atomic E-state index is 11.2. The van der Waals surface area contributed by atoms with Gasteiger partial charge in [0.2, 0.25) is 0 Å². The van der Waals surface area contributed by atoms with Gasteiger partial charge >= 0.3 is 6.09 Å². The van der Waals surface area contributed by atoms with Gasteiger partial charge in [0.05, 0.1) is 0 Å². The lowest BCUT2D eigenvalue weighted by Crippen LogP contribution is -2.66. The zero-order chi connectivity index (χ0) is 13.5. The Balaban J connectivity index is 3.52. The Morgan fingerprint density at radius 1 is 1.35 bits per heavy atom. The van der Waals surface area contributed by atoms with Crippen LogP contribution in [0.3, 0.4) is 0 Å². The van der Waals surface area contributed by atoms with Gasteiger partial charge in [0.25, 0.3) is 5.91 Å². The van der Waals surface area contributed by atoms with E-state index >= 15 is 0 Å². The minimum Gasteiger partial charge on any atom is -0.444 e. The fourth-order valence-corrected chi connectivity index (χ4v) is 1.16. The fraction of sp³-hybridized carbons (Fsp3) is 0.818. The highest BCUT2D eigenvalue weighted by Gasteiger charge is 2.15. The number of primary amides is 1. The lowest BCUT2D eigenvalue weighted by Gasteiger charge is -2.19. The number of rotatable bonds is 6. The van der Waals surface area contributed by atoms with Crippen molar-refractivity contribution in [2.24, 2.45) is 5.73 Å².